The number of esters is 1. The maximum Gasteiger partial charge on any atom is 0.338 e. The minimum atomic E-state index is -0.955. The number of ether oxygens (including phenoxy) is 1. The van der Waals surface area contributed by atoms with E-state index in [4.69, 9.17) is 51.1 Å². The van der Waals surface area contributed by atoms with Crippen LogP contribution in [0, 0.1) is 5.92 Å². The van der Waals surface area contributed by atoms with Crippen molar-refractivity contribution in [2.45, 2.75) is 29.7 Å². The average molecular weight is 737 g/mol. The largest absolute Gasteiger partial charge is 0.462 e. The van der Waals surface area contributed by atoms with Gasteiger partial charge in [-0.2, -0.15) is 0 Å². The number of rotatable bonds is 7. The molecule has 3 heterocycles. The van der Waals surface area contributed by atoms with Gasteiger partial charge >= 0.3 is 10.8 Å². The SMILES string of the molecule is CCOC(=O)c1ccc(N2C(=O)C3Sc4c(sc(=O)n4CC(=O)Nc4ccc(Cl)c(Cl)c4)C(c4cccc(Cl)c4Cl)C3C2=O)cc1. The number of carbonyl (C=O) groups excluding carboxylic acids is 4. The lowest BCUT2D eigenvalue weighted by Gasteiger charge is -2.31. The van der Waals surface area contributed by atoms with E-state index in [-0.39, 0.29) is 39.5 Å². The number of imide groups is 1. The van der Waals surface area contributed by atoms with Gasteiger partial charge in [-0.15, -0.1) is 0 Å². The molecule has 0 bridgehead atoms. The Balaban J connectivity index is 1.39. The molecule has 1 N–H and O–H groups in total. The summed E-state index contributed by atoms with van der Waals surface area (Å²) in [5.41, 5.74) is 1.40. The minimum Gasteiger partial charge on any atom is -0.462 e. The highest BCUT2D eigenvalue weighted by atomic mass is 35.5. The van der Waals surface area contributed by atoms with Crippen molar-refractivity contribution in [2.75, 3.05) is 16.8 Å². The molecule has 1 saturated heterocycles. The molecule has 3 unspecified atom stereocenters. The summed E-state index contributed by atoms with van der Waals surface area (Å²) in [4.78, 5) is 67.9. The molecule has 1 fully saturated rings. The molecule has 0 radical (unpaired) electrons. The van der Waals surface area contributed by atoms with E-state index in [1.54, 1.807) is 31.2 Å². The molecule has 0 saturated carbocycles. The highest BCUT2D eigenvalue weighted by molar-refractivity contribution is 8.00. The Morgan fingerprint density at radius 3 is 2.35 bits per heavy atom. The van der Waals surface area contributed by atoms with Crippen molar-refractivity contribution in [1.29, 1.82) is 0 Å². The molecular formula is C31H21Cl4N3O6S2. The van der Waals surface area contributed by atoms with Crippen LogP contribution < -0.4 is 15.1 Å². The van der Waals surface area contributed by atoms with Crippen LogP contribution in [0.1, 0.15) is 33.6 Å². The second kappa shape index (κ2) is 13.1. The fourth-order valence-corrected chi connectivity index (χ4v) is 8.97. The van der Waals surface area contributed by atoms with Crippen LogP contribution >= 0.6 is 69.5 Å². The van der Waals surface area contributed by atoms with E-state index < -0.39 is 45.6 Å². The van der Waals surface area contributed by atoms with Gasteiger partial charge in [0.15, 0.2) is 0 Å². The second-order valence-corrected chi connectivity index (χ2v) is 14.0. The molecule has 3 aromatic carbocycles. The number of thiazole rings is 1. The normalized spacial score (nSPS) is 18.7. The Hall–Kier alpha value is -3.32. The van der Waals surface area contributed by atoms with Crippen molar-refractivity contribution in [3.8, 4) is 0 Å². The number of nitrogens with one attached hydrogen (secondary N) is 1. The third-order valence-electron chi connectivity index (χ3n) is 7.51. The van der Waals surface area contributed by atoms with E-state index >= 15 is 0 Å². The monoisotopic (exact) mass is 735 g/mol. The molecule has 2 aliphatic rings. The highest BCUT2D eigenvalue weighted by Gasteiger charge is 2.57. The zero-order valence-corrected chi connectivity index (χ0v) is 28.2. The summed E-state index contributed by atoms with van der Waals surface area (Å²) in [6.07, 6.45) is 0. The van der Waals surface area contributed by atoms with Gasteiger partial charge < -0.3 is 10.1 Å². The Labute approximate surface area is 290 Å². The highest BCUT2D eigenvalue weighted by Crippen LogP contribution is 2.55. The van der Waals surface area contributed by atoms with E-state index in [2.05, 4.69) is 5.32 Å². The molecule has 9 nitrogen and oxygen atoms in total. The predicted octanol–water partition coefficient (Wildman–Crippen LogP) is 7.13. The van der Waals surface area contributed by atoms with Gasteiger partial charge in [-0.25, -0.2) is 9.69 Å². The smallest absolute Gasteiger partial charge is 0.338 e. The lowest BCUT2D eigenvalue weighted by molar-refractivity contribution is -0.122. The lowest BCUT2D eigenvalue weighted by Crippen LogP contribution is -2.33. The summed E-state index contributed by atoms with van der Waals surface area (Å²) >= 11 is 27.1. The molecule has 6 rings (SSSR count). The fourth-order valence-electron chi connectivity index (χ4n) is 5.48. The first-order valence-electron chi connectivity index (χ1n) is 13.7. The summed E-state index contributed by atoms with van der Waals surface area (Å²) in [7, 11) is 0. The van der Waals surface area contributed by atoms with Crippen LogP contribution in [0.5, 0.6) is 0 Å². The van der Waals surface area contributed by atoms with E-state index in [0.717, 1.165) is 28.0 Å². The van der Waals surface area contributed by atoms with E-state index in [0.29, 0.717) is 26.2 Å². The van der Waals surface area contributed by atoms with Crippen molar-refractivity contribution >= 4 is 105 Å². The van der Waals surface area contributed by atoms with Gasteiger partial charge in [0.25, 0.3) is 0 Å². The van der Waals surface area contributed by atoms with Gasteiger partial charge in [-0.05, 0) is 61.0 Å². The quantitative estimate of drug-likeness (QED) is 0.159. The number of amides is 3. The summed E-state index contributed by atoms with van der Waals surface area (Å²) in [6, 6.07) is 15.6. The third kappa shape index (κ3) is 5.85. The number of halogens is 4. The van der Waals surface area contributed by atoms with Crippen LogP contribution in [0.2, 0.25) is 20.1 Å². The average Bonchev–Trinajstić information content (AvgIpc) is 3.47. The predicted molar refractivity (Wildman–Crippen MR) is 180 cm³/mol. The Bertz CT molecular complexity index is 1980. The molecule has 4 aromatic rings. The first-order chi connectivity index (χ1) is 22.0. The summed E-state index contributed by atoms with van der Waals surface area (Å²) in [5, 5.41) is 3.12. The Kier molecular flexibility index (Phi) is 9.26. The molecule has 46 heavy (non-hydrogen) atoms. The fraction of sp³-hybridized carbons (Fsp3) is 0.194. The molecule has 3 amide bonds. The maximum atomic E-state index is 14.1. The Morgan fingerprint density at radius 2 is 1.65 bits per heavy atom. The zero-order valence-electron chi connectivity index (χ0n) is 23.6. The van der Waals surface area contributed by atoms with Crippen LogP contribution in [-0.2, 0) is 25.7 Å². The topological polar surface area (TPSA) is 115 Å². The first-order valence-corrected chi connectivity index (χ1v) is 16.9. The van der Waals surface area contributed by atoms with Gasteiger partial charge in [0.05, 0.1) is 48.9 Å². The number of aromatic nitrogens is 1. The summed E-state index contributed by atoms with van der Waals surface area (Å²) in [5.74, 6) is -3.81. The van der Waals surface area contributed by atoms with Crippen molar-refractivity contribution in [3.05, 3.63) is 106 Å². The van der Waals surface area contributed by atoms with E-state index in [1.165, 1.54) is 41.0 Å². The molecule has 2 aliphatic heterocycles. The molecule has 0 spiro atoms. The van der Waals surface area contributed by atoms with Crippen molar-refractivity contribution in [1.82, 2.24) is 4.57 Å². The number of hydrogen-bond donors (Lipinski definition) is 1. The Morgan fingerprint density at radius 1 is 0.913 bits per heavy atom. The van der Waals surface area contributed by atoms with Crippen LogP contribution in [0.25, 0.3) is 0 Å². The van der Waals surface area contributed by atoms with Gasteiger partial charge in [0, 0.05) is 16.5 Å². The number of carbonyl (C=O) groups is 4. The van der Waals surface area contributed by atoms with Gasteiger partial charge in [0.2, 0.25) is 17.7 Å². The molecule has 3 atom stereocenters. The first kappa shape index (κ1) is 32.6. The van der Waals surface area contributed by atoms with Crippen molar-refractivity contribution in [3.63, 3.8) is 0 Å². The van der Waals surface area contributed by atoms with Gasteiger partial charge in [0.1, 0.15) is 11.8 Å². The maximum absolute atomic E-state index is 14.1. The number of anilines is 2. The van der Waals surface area contributed by atoms with E-state index in [9.17, 15) is 24.0 Å². The van der Waals surface area contributed by atoms with Crippen LogP contribution in [-0.4, -0.2) is 40.1 Å². The summed E-state index contributed by atoms with van der Waals surface area (Å²) < 4.78 is 6.32. The number of hydrogen-bond acceptors (Lipinski definition) is 8. The van der Waals surface area contributed by atoms with Gasteiger partial charge in [-0.1, -0.05) is 81.6 Å². The number of nitrogens with zero attached hydrogens (tertiary/aromatic N) is 2. The van der Waals surface area contributed by atoms with Crippen molar-refractivity contribution < 1.29 is 23.9 Å². The third-order valence-corrected chi connectivity index (χ3v) is 11.7. The van der Waals surface area contributed by atoms with Crippen molar-refractivity contribution in [2.24, 2.45) is 5.92 Å². The standard InChI is InChI=1S/C31H21Cl4N3O6S2/c1-2-44-30(42)14-6-9-16(10-7-14)38-27(40)23-22(17-4-3-5-19(33)24(17)35)26-29(45-25(23)28(38)41)37(31(43)46-26)13-21(39)36-15-8-11-18(32)20(34)12-15/h3-12,22-23,25H,2,13H2,1H3,(H,36,39). The molecule has 0 aliphatic carbocycles. The van der Waals surface area contributed by atoms with Crippen LogP contribution in [0.4, 0.5) is 11.4 Å². The molecular weight excluding hydrogens is 716 g/mol. The lowest BCUT2D eigenvalue weighted by atomic mass is 9.83. The number of benzene rings is 3. The molecule has 1 aromatic heterocycles. The number of fused-ring (bicyclic) bond motifs is 2. The van der Waals surface area contributed by atoms with Crippen LogP contribution in [0.15, 0.2) is 70.5 Å². The zero-order chi connectivity index (χ0) is 32.9. The minimum absolute atomic E-state index is 0.188. The van der Waals surface area contributed by atoms with E-state index in [1.807, 2.05) is 0 Å². The second-order valence-electron chi connectivity index (χ2n) is 10.3. The number of thioether (sulfide) groups is 1. The van der Waals surface area contributed by atoms with Crippen LogP contribution in [0.3, 0.4) is 0 Å². The van der Waals surface area contributed by atoms with Gasteiger partial charge in [-0.3, -0.25) is 23.7 Å². The molecule has 236 valence electrons. The summed E-state index contributed by atoms with van der Waals surface area (Å²) in [6.45, 7) is 1.52. The molecule has 15 heteroatoms.